The third-order valence-electron chi connectivity index (χ3n) is 4.62. The van der Waals surface area contributed by atoms with Gasteiger partial charge in [-0.1, -0.05) is 18.6 Å². The van der Waals surface area contributed by atoms with Crippen LogP contribution in [0.1, 0.15) is 36.4 Å². The molecule has 19 heavy (non-hydrogen) atoms. The van der Waals surface area contributed by atoms with E-state index in [1.807, 2.05) is 19.1 Å². The van der Waals surface area contributed by atoms with Crippen molar-refractivity contribution < 1.29 is 4.39 Å². The van der Waals surface area contributed by atoms with Crippen molar-refractivity contribution in [2.75, 3.05) is 26.2 Å². The fraction of sp³-hybridized carbons (Fsp3) is 0.625. The normalized spacial score (nSPS) is 23.1. The van der Waals surface area contributed by atoms with E-state index < -0.39 is 0 Å². The van der Waals surface area contributed by atoms with Gasteiger partial charge in [0.05, 0.1) is 0 Å². The molecule has 1 aromatic rings. The van der Waals surface area contributed by atoms with Crippen LogP contribution < -0.4 is 5.32 Å². The van der Waals surface area contributed by atoms with Crippen LogP contribution in [-0.4, -0.2) is 31.1 Å². The number of aryl methyl sites for hydroxylation is 1. The van der Waals surface area contributed by atoms with Gasteiger partial charge in [-0.3, -0.25) is 4.90 Å². The molecule has 1 N–H and O–H groups in total. The van der Waals surface area contributed by atoms with Crippen molar-refractivity contribution >= 4 is 0 Å². The minimum absolute atomic E-state index is 0.0181. The molecular weight excluding hydrogens is 239 g/mol. The monoisotopic (exact) mass is 262 g/mol. The number of halogens is 1. The second-order valence-electron chi connectivity index (χ2n) is 5.95. The molecule has 0 radical (unpaired) electrons. The zero-order valence-corrected chi connectivity index (χ0v) is 11.7. The molecule has 1 aromatic carbocycles. The van der Waals surface area contributed by atoms with Gasteiger partial charge in [0.1, 0.15) is 5.82 Å². The molecule has 0 unspecified atom stereocenters. The van der Waals surface area contributed by atoms with E-state index >= 15 is 0 Å². The Kier molecular flexibility index (Phi) is 3.85. The molecule has 1 atom stereocenters. The Morgan fingerprint density at radius 1 is 1.26 bits per heavy atom. The van der Waals surface area contributed by atoms with Crippen LogP contribution in [0.5, 0.6) is 0 Å². The van der Waals surface area contributed by atoms with Crippen LogP contribution in [0.2, 0.25) is 0 Å². The van der Waals surface area contributed by atoms with Gasteiger partial charge in [0, 0.05) is 37.8 Å². The predicted molar refractivity (Wildman–Crippen MR) is 75.7 cm³/mol. The minimum atomic E-state index is -0.0181. The van der Waals surface area contributed by atoms with E-state index in [0.717, 1.165) is 37.3 Å². The summed E-state index contributed by atoms with van der Waals surface area (Å²) >= 11 is 0. The highest BCUT2D eigenvalue weighted by atomic mass is 19.1. The fourth-order valence-electron chi connectivity index (χ4n) is 3.34. The molecule has 3 rings (SSSR count). The van der Waals surface area contributed by atoms with Gasteiger partial charge in [0.2, 0.25) is 0 Å². The lowest BCUT2D eigenvalue weighted by atomic mass is 9.76. The van der Waals surface area contributed by atoms with Crippen molar-refractivity contribution in [2.24, 2.45) is 5.92 Å². The quantitative estimate of drug-likeness (QED) is 0.901. The maximum absolute atomic E-state index is 14.3. The van der Waals surface area contributed by atoms with Crippen molar-refractivity contribution in [2.45, 2.75) is 32.2 Å². The third-order valence-corrected chi connectivity index (χ3v) is 4.62. The summed E-state index contributed by atoms with van der Waals surface area (Å²) in [5, 5.41) is 3.38. The van der Waals surface area contributed by atoms with Crippen LogP contribution in [0.4, 0.5) is 4.39 Å². The van der Waals surface area contributed by atoms with E-state index in [2.05, 4.69) is 10.2 Å². The van der Waals surface area contributed by atoms with Crippen LogP contribution in [0.15, 0.2) is 18.2 Å². The lowest BCUT2D eigenvalue weighted by Crippen LogP contribution is -2.48. The summed E-state index contributed by atoms with van der Waals surface area (Å²) in [6, 6.07) is 6.03. The molecule has 0 bridgehead atoms. The summed E-state index contributed by atoms with van der Waals surface area (Å²) < 4.78 is 14.3. The summed E-state index contributed by atoms with van der Waals surface area (Å²) in [5.74, 6) is 0.630. The molecule has 2 nitrogen and oxygen atoms in total. The van der Waals surface area contributed by atoms with Crippen molar-refractivity contribution in [1.82, 2.24) is 10.2 Å². The molecular formula is C16H23FN2. The predicted octanol–water partition coefficient (Wildman–Crippen LogP) is 2.88. The van der Waals surface area contributed by atoms with Crippen molar-refractivity contribution in [3.8, 4) is 0 Å². The van der Waals surface area contributed by atoms with E-state index in [9.17, 15) is 4.39 Å². The zero-order chi connectivity index (χ0) is 13.2. The van der Waals surface area contributed by atoms with Crippen molar-refractivity contribution in [3.63, 3.8) is 0 Å². The molecule has 2 aliphatic rings. The maximum atomic E-state index is 14.3. The molecule has 1 heterocycles. The Bertz CT molecular complexity index is 436. The Labute approximate surface area is 115 Å². The zero-order valence-electron chi connectivity index (χ0n) is 11.7. The van der Waals surface area contributed by atoms with Crippen LogP contribution in [0.25, 0.3) is 0 Å². The number of hydrogen-bond donors (Lipinski definition) is 1. The molecule has 3 heteroatoms. The molecule has 1 saturated heterocycles. The van der Waals surface area contributed by atoms with Gasteiger partial charge in [-0.25, -0.2) is 4.39 Å². The molecule has 1 aliphatic heterocycles. The van der Waals surface area contributed by atoms with E-state index in [1.54, 1.807) is 6.07 Å². The van der Waals surface area contributed by atoms with Gasteiger partial charge in [-0.15, -0.1) is 0 Å². The Morgan fingerprint density at radius 3 is 2.58 bits per heavy atom. The number of rotatable bonds is 3. The summed E-state index contributed by atoms with van der Waals surface area (Å²) in [6.07, 6.45) is 3.81. The number of benzene rings is 1. The molecule has 0 aromatic heterocycles. The van der Waals surface area contributed by atoms with Crippen molar-refractivity contribution in [1.29, 1.82) is 0 Å². The van der Waals surface area contributed by atoms with E-state index in [0.29, 0.717) is 5.92 Å². The number of piperazine rings is 1. The lowest BCUT2D eigenvalue weighted by molar-refractivity contribution is 0.0812. The molecule has 2 fully saturated rings. The fourth-order valence-corrected chi connectivity index (χ4v) is 3.34. The first-order chi connectivity index (χ1) is 9.25. The first kappa shape index (κ1) is 13.1. The van der Waals surface area contributed by atoms with E-state index in [-0.39, 0.29) is 11.9 Å². The van der Waals surface area contributed by atoms with Crippen LogP contribution in [-0.2, 0) is 0 Å². The highest BCUT2D eigenvalue weighted by molar-refractivity contribution is 5.27. The summed E-state index contributed by atoms with van der Waals surface area (Å²) in [7, 11) is 0. The second kappa shape index (κ2) is 5.59. The van der Waals surface area contributed by atoms with Crippen LogP contribution in [0.3, 0.4) is 0 Å². The van der Waals surface area contributed by atoms with Gasteiger partial charge >= 0.3 is 0 Å². The standard InChI is InChI=1S/C16H23FN2/c1-12-5-6-14(15(17)11-12)16(13-3-2-4-13)19-9-7-18-8-10-19/h5-6,11,13,16,18H,2-4,7-10H2,1H3/t16-/m1/s1. The largest absolute Gasteiger partial charge is 0.314 e. The summed E-state index contributed by atoms with van der Waals surface area (Å²) in [4.78, 5) is 2.48. The molecule has 104 valence electrons. The van der Waals surface area contributed by atoms with Gasteiger partial charge in [0.25, 0.3) is 0 Å². The minimum Gasteiger partial charge on any atom is -0.314 e. The molecule has 1 aliphatic carbocycles. The average molecular weight is 262 g/mol. The first-order valence-corrected chi connectivity index (χ1v) is 7.46. The Balaban J connectivity index is 1.88. The summed E-state index contributed by atoms with van der Waals surface area (Å²) in [5.41, 5.74) is 1.92. The van der Waals surface area contributed by atoms with E-state index in [4.69, 9.17) is 0 Å². The molecule has 1 saturated carbocycles. The van der Waals surface area contributed by atoms with Crippen molar-refractivity contribution in [3.05, 3.63) is 35.1 Å². The second-order valence-corrected chi connectivity index (χ2v) is 5.95. The Hall–Kier alpha value is -0.930. The average Bonchev–Trinajstić information content (AvgIpc) is 2.35. The summed E-state index contributed by atoms with van der Waals surface area (Å²) in [6.45, 7) is 6.08. The Morgan fingerprint density at radius 2 is 2.00 bits per heavy atom. The molecule has 0 amide bonds. The van der Waals surface area contributed by atoms with Crippen LogP contribution >= 0.6 is 0 Å². The first-order valence-electron chi connectivity index (χ1n) is 7.46. The van der Waals surface area contributed by atoms with Gasteiger partial charge in [-0.05, 0) is 37.3 Å². The molecule has 0 spiro atoms. The maximum Gasteiger partial charge on any atom is 0.128 e. The highest BCUT2D eigenvalue weighted by Gasteiger charge is 2.34. The SMILES string of the molecule is Cc1ccc([C@@H](C2CCC2)N2CCNCC2)c(F)c1. The topological polar surface area (TPSA) is 15.3 Å². The van der Waals surface area contributed by atoms with Crippen LogP contribution in [0, 0.1) is 18.7 Å². The lowest BCUT2D eigenvalue weighted by Gasteiger charge is -2.43. The van der Waals surface area contributed by atoms with Gasteiger partial charge in [-0.2, -0.15) is 0 Å². The van der Waals surface area contributed by atoms with Gasteiger partial charge in [0.15, 0.2) is 0 Å². The van der Waals surface area contributed by atoms with E-state index in [1.165, 1.54) is 19.3 Å². The van der Waals surface area contributed by atoms with Gasteiger partial charge < -0.3 is 5.32 Å². The number of hydrogen-bond acceptors (Lipinski definition) is 2. The number of nitrogens with zero attached hydrogens (tertiary/aromatic N) is 1. The highest BCUT2D eigenvalue weighted by Crippen LogP contribution is 2.42. The number of nitrogens with one attached hydrogen (secondary N) is 1. The smallest absolute Gasteiger partial charge is 0.128 e. The third kappa shape index (κ3) is 2.67.